The fraction of sp³-hybridized carbons (Fsp3) is 1.00. The fourth-order valence-corrected chi connectivity index (χ4v) is 24.0. The van der Waals surface area contributed by atoms with Gasteiger partial charge in [0, 0.05) is 0 Å². The molecular weight excluding hydrogens is 495 g/mol. The first-order valence-corrected chi connectivity index (χ1v) is 16.7. The molecular formula is C8H14Br4Se. The minimum atomic E-state index is -1.52. The summed E-state index contributed by atoms with van der Waals surface area (Å²) in [5.41, 5.74) is 0. The van der Waals surface area contributed by atoms with Crippen LogP contribution in [0, 0.1) is 0 Å². The van der Waals surface area contributed by atoms with Crippen LogP contribution in [0.5, 0.6) is 0 Å². The molecule has 0 heterocycles. The molecule has 0 unspecified atom stereocenters. The third-order valence-corrected chi connectivity index (χ3v) is 18.8. The summed E-state index contributed by atoms with van der Waals surface area (Å²) in [5.74, 6) is 0. The molecule has 0 amide bonds. The zero-order valence-corrected chi connectivity index (χ0v) is 15.4. The second-order valence-electron chi connectivity index (χ2n) is 3.35. The summed E-state index contributed by atoms with van der Waals surface area (Å²) in [6.07, 6.45) is 5.54. The van der Waals surface area contributed by atoms with Crippen molar-refractivity contribution in [3.8, 4) is 0 Å². The molecule has 0 aliphatic heterocycles. The molecule has 0 aromatic rings. The Morgan fingerprint density at radius 1 is 1.15 bits per heavy atom. The molecule has 0 N–H and O–H groups in total. The SMILES string of the molecule is BrCC[Se](Br)(Br)[C@@H]1CCCC[C@H]1Br. The summed E-state index contributed by atoms with van der Waals surface area (Å²) in [5, 5.41) is 2.39. The minimum absolute atomic E-state index is 0.735. The third-order valence-electron chi connectivity index (χ3n) is 2.41. The summed E-state index contributed by atoms with van der Waals surface area (Å²) in [6.45, 7) is 0. The van der Waals surface area contributed by atoms with Gasteiger partial charge in [0.2, 0.25) is 0 Å². The molecule has 2 atom stereocenters. The molecule has 0 spiro atoms. The van der Waals surface area contributed by atoms with E-state index >= 15 is 0 Å². The van der Waals surface area contributed by atoms with E-state index in [9.17, 15) is 0 Å². The molecule has 1 fully saturated rings. The predicted molar refractivity (Wildman–Crippen MR) is 77.1 cm³/mol. The van der Waals surface area contributed by atoms with Crippen LogP contribution in [0.25, 0.3) is 0 Å². The van der Waals surface area contributed by atoms with Crippen molar-refractivity contribution in [1.29, 1.82) is 0 Å². The molecule has 0 bridgehead atoms. The van der Waals surface area contributed by atoms with Crippen molar-refractivity contribution in [3.05, 3.63) is 0 Å². The van der Waals surface area contributed by atoms with E-state index in [0.29, 0.717) is 0 Å². The topological polar surface area (TPSA) is 0 Å². The molecule has 1 rings (SSSR count). The van der Waals surface area contributed by atoms with Gasteiger partial charge in [-0.25, -0.2) is 0 Å². The number of rotatable bonds is 3. The Kier molecular flexibility index (Phi) is 6.48. The van der Waals surface area contributed by atoms with Crippen molar-refractivity contribution in [2.45, 2.75) is 40.6 Å². The van der Waals surface area contributed by atoms with Gasteiger partial charge in [0.05, 0.1) is 0 Å². The molecule has 1 aliphatic carbocycles. The van der Waals surface area contributed by atoms with E-state index in [1.807, 2.05) is 0 Å². The molecule has 1 aliphatic rings. The van der Waals surface area contributed by atoms with E-state index in [2.05, 4.69) is 60.1 Å². The van der Waals surface area contributed by atoms with Crippen molar-refractivity contribution < 1.29 is 0 Å². The summed E-state index contributed by atoms with van der Waals surface area (Å²) in [6, 6.07) is 0. The van der Waals surface area contributed by atoms with Gasteiger partial charge in [-0.1, -0.05) is 0 Å². The van der Waals surface area contributed by atoms with Crippen molar-refractivity contribution in [2.24, 2.45) is 0 Å². The number of hydrogen-bond donors (Lipinski definition) is 0. The maximum atomic E-state index is 3.96. The Morgan fingerprint density at radius 3 is 2.31 bits per heavy atom. The van der Waals surface area contributed by atoms with Crippen LogP contribution >= 0.6 is 60.1 Å². The molecule has 5 heteroatoms. The summed E-state index contributed by atoms with van der Waals surface area (Å²) in [4.78, 5) is 1.60. The zero-order valence-electron chi connectivity index (χ0n) is 7.32. The molecule has 0 aromatic carbocycles. The fourth-order valence-electron chi connectivity index (χ4n) is 1.69. The second kappa shape index (κ2) is 6.24. The third kappa shape index (κ3) is 4.07. The van der Waals surface area contributed by atoms with Gasteiger partial charge in [0.15, 0.2) is 0 Å². The number of alkyl halides is 2. The predicted octanol–water partition coefficient (Wildman–Crippen LogP) is 5.32. The molecule has 0 nitrogen and oxygen atoms in total. The van der Waals surface area contributed by atoms with E-state index in [4.69, 9.17) is 0 Å². The van der Waals surface area contributed by atoms with Crippen molar-refractivity contribution in [2.75, 3.05) is 5.33 Å². The van der Waals surface area contributed by atoms with Crippen LogP contribution in [0.15, 0.2) is 0 Å². The van der Waals surface area contributed by atoms with Crippen molar-refractivity contribution in [1.82, 2.24) is 0 Å². The van der Waals surface area contributed by atoms with Gasteiger partial charge >= 0.3 is 115 Å². The Labute approximate surface area is 114 Å². The summed E-state index contributed by atoms with van der Waals surface area (Å²) in [7, 11) is -1.52. The maximum absolute atomic E-state index is 3.96. The van der Waals surface area contributed by atoms with Crippen molar-refractivity contribution in [3.63, 3.8) is 0 Å². The van der Waals surface area contributed by atoms with Gasteiger partial charge in [-0.15, -0.1) is 0 Å². The molecule has 1 saturated carbocycles. The molecule has 80 valence electrons. The molecule has 0 aromatic heterocycles. The van der Waals surface area contributed by atoms with Crippen LogP contribution < -0.4 is 0 Å². The normalized spacial score (nSPS) is 31.7. The quantitative estimate of drug-likeness (QED) is 0.358. The van der Waals surface area contributed by atoms with E-state index in [1.54, 1.807) is 0 Å². The van der Waals surface area contributed by atoms with Gasteiger partial charge in [-0.3, -0.25) is 0 Å². The Hall–Kier alpha value is 2.44. The Balaban J connectivity index is 2.56. The first-order valence-electron chi connectivity index (χ1n) is 4.47. The van der Waals surface area contributed by atoms with Crippen LogP contribution in [0.2, 0.25) is 10.1 Å². The first kappa shape index (κ1) is 13.5. The van der Waals surface area contributed by atoms with Gasteiger partial charge in [-0.05, 0) is 0 Å². The monoisotopic (exact) mass is 506 g/mol. The molecule has 0 saturated heterocycles. The van der Waals surface area contributed by atoms with Gasteiger partial charge in [0.25, 0.3) is 0 Å². The van der Waals surface area contributed by atoms with Crippen LogP contribution in [0.1, 0.15) is 25.7 Å². The van der Waals surface area contributed by atoms with Crippen molar-refractivity contribution >= 4 is 69.3 Å². The van der Waals surface area contributed by atoms with Crippen LogP contribution in [0.3, 0.4) is 0 Å². The van der Waals surface area contributed by atoms with Crippen LogP contribution in [0.4, 0.5) is 0 Å². The molecule has 0 radical (unpaired) electrons. The van der Waals surface area contributed by atoms with Crippen LogP contribution in [-0.4, -0.2) is 19.4 Å². The summed E-state index contributed by atoms with van der Waals surface area (Å²) < 4.78 is 0. The van der Waals surface area contributed by atoms with Gasteiger partial charge in [0.1, 0.15) is 0 Å². The Morgan fingerprint density at radius 2 is 1.77 bits per heavy atom. The van der Waals surface area contributed by atoms with E-state index in [-0.39, 0.29) is 0 Å². The Bertz CT molecular complexity index is 162. The standard InChI is InChI=1S/C8H14Br4Se/c9-5-6-13(11,12)8-4-2-1-3-7(8)10/h7-8H,1-6H2/t7-,8-/m1/s1. The van der Waals surface area contributed by atoms with E-state index < -0.39 is 9.23 Å². The average molecular weight is 509 g/mol. The van der Waals surface area contributed by atoms with Gasteiger partial charge < -0.3 is 0 Å². The first-order chi connectivity index (χ1) is 6.08. The van der Waals surface area contributed by atoms with Crippen LogP contribution in [-0.2, 0) is 0 Å². The molecule has 13 heavy (non-hydrogen) atoms. The van der Waals surface area contributed by atoms with E-state index in [1.165, 1.54) is 31.0 Å². The number of halogens is 4. The second-order valence-corrected chi connectivity index (χ2v) is 26.6. The van der Waals surface area contributed by atoms with Gasteiger partial charge in [-0.2, -0.15) is 0 Å². The average Bonchev–Trinajstić information content (AvgIpc) is 2.04. The number of hydrogen-bond acceptors (Lipinski definition) is 0. The summed E-state index contributed by atoms with van der Waals surface area (Å²) >= 11 is 15.3. The zero-order chi connectivity index (χ0) is 9.90. The van der Waals surface area contributed by atoms with E-state index in [0.717, 1.165) is 15.0 Å².